The van der Waals surface area contributed by atoms with Crippen LogP contribution in [-0.4, -0.2) is 44.2 Å². The van der Waals surface area contributed by atoms with Gasteiger partial charge in [0.05, 0.1) is 5.75 Å². The summed E-state index contributed by atoms with van der Waals surface area (Å²) < 4.78 is 2.08. The fourth-order valence-corrected chi connectivity index (χ4v) is 2.99. The number of thioether (sulfide) groups is 1. The molecule has 1 heterocycles. The second kappa shape index (κ2) is 7.68. The average molecular weight is 312 g/mol. The van der Waals surface area contributed by atoms with Crippen LogP contribution in [0.5, 0.6) is 0 Å². The van der Waals surface area contributed by atoms with Crippen molar-refractivity contribution in [2.75, 3.05) is 17.2 Å². The van der Waals surface area contributed by atoms with Crippen LogP contribution >= 0.6 is 11.8 Å². The molecule has 0 aromatic carbocycles. The van der Waals surface area contributed by atoms with E-state index in [4.69, 9.17) is 5.11 Å². The third kappa shape index (κ3) is 4.36. The molecule has 21 heavy (non-hydrogen) atoms. The topological polar surface area (TPSA) is 71.2 Å². The summed E-state index contributed by atoms with van der Waals surface area (Å²) in [5.41, 5.74) is 0. The SMILES string of the molecule is CCCCN(c1nnc(SCC(=O)O)n1CCC)C1CC1. The third-order valence-electron chi connectivity index (χ3n) is 3.47. The molecule has 2 rings (SSSR count). The van der Waals surface area contributed by atoms with Gasteiger partial charge in [-0.1, -0.05) is 32.0 Å². The first-order valence-electron chi connectivity index (χ1n) is 7.71. The van der Waals surface area contributed by atoms with Crippen molar-refractivity contribution in [3.8, 4) is 0 Å². The number of hydrogen-bond donors (Lipinski definition) is 1. The number of nitrogens with zero attached hydrogens (tertiary/aromatic N) is 4. The number of carboxylic acid groups (broad SMARTS) is 1. The highest BCUT2D eigenvalue weighted by molar-refractivity contribution is 7.99. The first-order valence-corrected chi connectivity index (χ1v) is 8.70. The van der Waals surface area contributed by atoms with E-state index in [2.05, 4.69) is 33.5 Å². The van der Waals surface area contributed by atoms with Crippen molar-refractivity contribution in [1.82, 2.24) is 14.8 Å². The van der Waals surface area contributed by atoms with Crippen LogP contribution in [0.4, 0.5) is 5.95 Å². The molecular weight excluding hydrogens is 288 g/mol. The van der Waals surface area contributed by atoms with Gasteiger partial charge in [-0.3, -0.25) is 9.36 Å². The molecule has 0 saturated heterocycles. The lowest BCUT2D eigenvalue weighted by Crippen LogP contribution is -2.30. The Morgan fingerprint density at radius 1 is 1.38 bits per heavy atom. The molecule has 0 unspecified atom stereocenters. The molecule has 7 heteroatoms. The van der Waals surface area contributed by atoms with Gasteiger partial charge in [0.2, 0.25) is 5.95 Å². The molecule has 0 atom stereocenters. The lowest BCUT2D eigenvalue weighted by molar-refractivity contribution is -0.133. The summed E-state index contributed by atoms with van der Waals surface area (Å²) in [5, 5.41) is 18.1. The van der Waals surface area contributed by atoms with E-state index in [1.165, 1.54) is 24.6 Å². The van der Waals surface area contributed by atoms with E-state index in [-0.39, 0.29) is 5.75 Å². The Labute approximate surface area is 129 Å². The Bertz CT molecular complexity index is 474. The minimum Gasteiger partial charge on any atom is -0.481 e. The zero-order valence-electron chi connectivity index (χ0n) is 12.8. The van der Waals surface area contributed by atoms with Crippen LogP contribution in [0.25, 0.3) is 0 Å². The van der Waals surface area contributed by atoms with E-state index < -0.39 is 5.97 Å². The summed E-state index contributed by atoms with van der Waals surface area (Å²) in [7, 11) is 0. The van der Waals surface area contributed by atoms with Crippen LogP contribution in [-0.2, 0) is 11.3 Å². The largest absolute Gasteiger partial charge is 0.481 e. The minimum atomic E-state index is -0.822. The van der Waals surface area contributed by atoms with Crippen molar-refractivity contribution >= 4 is 23.7 Å². The van der Waals surface area contributed by atoms with E-state index in [1.807, 2.05) is 0 Å². The van der Waals surface area contributed by atoms with Gasteiger partial charge in [-0.2, -0.15) is 0 Å². The Hall–Kier alpha value is -1.24. The van der Waals surface area contributed by atoms with Crippen molar-refractivity contribution in [3.63, 3.8) is 0 Å². The van der Waals surface area contributed by atoms with Crippen LogP contribution in [0.3, 0.4) is 0 Å². The van der Waals surface area contributed by atoms with Gasteiger partial charge in [-0.25, -0.2) is 0 Å². The van der Waals surface area contributed by atoms with Crippen LogP contribution < -0.4 is 4.90 Å². The molecule has 0 radical (unpaired) electrons. The lowest BCUT2D eigenvalue weighted by atomic mass is 10.3. The maximum atomic E-state index is 10.8. The Morgan fingerprint density at radius 3 is 2.71 bits per heavy atom. The Kier molecular flexibility index (Phi) is 5.90. The molecule has 1 aromatic rings. The van der Waals surface area contributed by atoms with Gasteiger partial charge in [-0.05, 0) is 25.7 Å². The molecule has 1 N–H and O–H groups in total. The standard InChI is InChI=1S/C14H24N4O2S/c1-3-5-9-17(11-6-7-11)13-15-16-14(18(13)8-4-2)21-10-12(19)20/h11H,3-10H2,1-2H3,(H,19,20). The number of carbonyl (C=O) groups is 1. The number of carboxylic acids is 1. The smallest absolute Gasteiger partial charge is 0.313 e. The lowest BCUT2D eigenvalue weighted by Gasteiger charge is -2.23. The van der Waals surface area contributed by atoms with Gasteiger partial charge in [0.1, 0.15) is 0 Å². The van der Waals surface area contributed by atoms with E-state index in [9.17, 15) is 4.79 Å². The van der Waals surface area contributed by atoms with Crippen molar-refractivity contribution < 1.29 is 9.90 Å². The zero-order chi connectivity index (χ0) is 15.2. The monoisotopic (exact) mass is 312 g/mol. The molecule has 1 aromatic heterocycles. The number of anilines is 1. The first kappa shape index (κ1) is 16.1. The summed E-state index contributed by atoms with van der Waals surface area (Å²) in [6.45, 7) is 6.14. The maximum absolute atomic E-state index is 10.8. The van der Waals surface area contributed by atoms with E-state index in [1.54, 1.807) is 0 Å². The average Bonchev–Trinajstić information content (AvgIpc) is 3.21. The second-order valence-electron chi connectivity index (χ2n) is 5.39. The molecule has 1 aliphatic carbocycles. The summed E-state index contributed by atoms with van der Waals surface area (Å²) in [4.78, 5) is 13.1. The predicted molar refractivity (Wildman–Crippen MR) is 83.9 cm³/mol. The molecule has 1 fully saturated rings. The summed E-state index contributed by atoms with van der Waals surface area (Å²) >= 11 is 1.25. The van der Waals surface area contributed by atoms with Gasteiger partial charge in [0.25, 0.3) is 0 Å². The van der Waals surface area contributed by atoms with Gasteiger partial charge in [0, 0.05) is 19.1 Å². The van der Waals surface area contributed by atoms with Crippen molar-refractivity contribution in [2.24, 2.45) is 0 Å². The van der Waals surface area contributed by atoms with Gasteiger partial charge in [0.15, 0.2) is 5.16 Å². The molecule has 118 valence electrons. The number of rotatable bonds is 10. The highest BCUT2D eigenvalue weighted by atomic mass is 32.2. The predicted octanol–water partition coefficient (Wildman–Crippen LogP) is 2.63. The summed E-state index contributed by atoms with van der Waals surface area (Å²) in [6, 6.07) is 0.591. The number of aromatic nitrogens is 3. The molecule has 1 aliphatic rings. The van der Waals surface area contributed by atoms with Gasteiger partial charge >= 0.3 is 5.97 Å². The van der Waals surface area contributed by atoms with E-state index in [0.29, 0.717) is 6.04 Å². The van der Waals surface area contributed by atoms with E-state index in [0.717, 1.165) is 43.5 Å². The van der Waals surface area contributed by atoms with Crippen molar-refractivity contribution in [2.45, 2.75) is 63.7 Å². The molecular formula is C14H24N4O2S. The Balaban J connectivity index is 2.17. The van der Waals surface area contributed by atoms with Crippen molar-refractivity contribution in [3.05, 3.63) is 0 Å². The van der Waals surface area contributed by atoms with Gasteiger partial charge in [-0.15, -0.1) is 10.2 Å². The van der Waals surface area contributed by atoms with Crippen LogP contribution in [0.15, 0.2) is 5.16 Å². The van der Waals surface area contributed by atoms with E-state index >= 15 is 0 Å². The highest BCUT2D eigenvalue weighted by Gasteiger charge is 2.32. The number of unbranched alkanes of at least 4 members (excludes halogenated alkanes) is 1. The quantitative estimate of drug-likeness (QED) is 0.670. The maximum Gasteiger partial charge on any atom is 0.313 e. The normalized spacial score (nSPS) is 14.4. The molecule has 0 aliphatic heterocycles. The molecule has 1 saturated carbocycles. The molecule has 0 bridgehead atoms. The third-order valence-corrected chi connectivity index (χ3v) is 4.42. The highest BCUT2D eigenvalue weighted by Crippen LogP contribution is 2.32. The molecule has 0 spiro atoms. The summed E-state index contributed by atoms with van der Waals surface area (Å²) in [5.74, 6) is 0.124. The van der Waals surface area contributed by atoms with Crippen LogP contribution in [0.1, 0.15) is 46.0 Å². The fraction of sp³-hybridized carbons (Fsp3) is 0.786. The molecule has 6 nitrogen and oxygen atoms in total. The number of hydrogen-bond acceptors (Lipinski definition) is 5. The Morgan fingerprint density at radius 2 is 2.14 bits per heavy atom. The fourth-order valence-electron chi connectivity index (χ4n) is 2.31. The first-order chi connectivity index (χ1) is 10.2. The minimum absolute atomic E-state index is 0.0280. The van der Waals surface area contributed by atoms with Crippen LogP contribution in [0, 0.1) is 0 Å². The molecule has 0 amide bonds. The second-order valence-corrected chi connectivity index (χ2v) is 6.34. The zero-order valence-corrected chi connectivity index (χ0v) is 13.6. The summed E-state index contributed by atoms with van der Waals surface area (Å²) in [6.07, 6.45) is 5.73. The van der Waals surface area contributed by atoms with Gasteiger partial charge < -0.3 is 10.0 Å². The van der Waals surface area contributed by atoms with Crippen LogP contribution in [0.2, 0.25) is 0 Å². The van der Waals surface area contributed by atoms with Crippen molar-refractivity contribution in [1.29, 1.82) is 0 Å². The number of aliphatic carboxylic acids is 1.